The van der Waals surface area contributed by atoms with Crippen LogP contribution in [0.4, 0.5) is 5.69 Å². The Bertz CT molecular complexity index is 791. The molecule has 6 nitrogen and oxygen atoms in total. The summed E-state index contributed by atoms with van der Waals surface area (Å²) in [5, 5.41) is 10.2. The van der Waals surface area contributed by atoms with Crippen LogP contribution >= 0.6 is 47.2 Å². The molecule has 3 N–H and O–H groups in total. The van der Waals surface area contributed by atoms with Crippen molar-refractivity contribution in [3.63, 3.8) is 0 Å². The molecule has 1 aromatic heterocycles. The van der Waals surface area contributed by atoms with E-state index in [1.807, 2.05) is 41.9 Å². The summed E-state index contributed by atoms with van der Waals surface area (Å²) in [4.78, 5) is 15.3. The molecular weight excluding hydrogens is 488 g/mol. The number of nitrogens with zero attached hydrogens (tertiary/aromatic N) is 2. The van der Waals surface area contributed by atoms with Crippen LogP contribution in [0.3, 0.4) is 0 Å². The van der Waals surface area contributed by atoms with E-state index in [0.29, 0.717) is 29.2 Å². The summed E-state index contributed by atoms with van der Waals surface area (Å²) in [6.07, 6.45) is 0. The van der Waals surface area contributed by atoms with Crippen LogP contribution in [-0.4, -0.2) is 23.5 Å². The maximum absolute atomic E-state index is 11.1. The van der Waals surface area contributed by atoms with Crippen LogP contribution in [0.15, 0.2) is 35.3 Å². The number of aliphatic imine (C=N–C) groups is 1. The molecule has 1 aromatic carbocycles. The Morgan fingerprint density at radius 1 is 1.19 bits per heavy atom. The molecule has 0 radical (unpaired) electrons. The van der Waals surface area contributed by atoms with Crippen molar-refractivity contribution in [3.8, 4) is 0 Å². The molecule has 1 amide bonds. The van der Waals surface area contributed by atoms with E-state index in [-0.39, 0.29) is 29.9 Å². The second kappa shape index (κ2) is 10.6. The van der Waals surface area contributed by atoms with E-state index < -0.39 is 0 Å². The number of hydrogen-bond acceptors (Lipinski definition) is 2. The fraction of sp³-hybridized carbons (Fsp3) is 0.294. The van der Waals surface area contributed by atoms with Crippen LogP contribution in [0.25, 0.3) is 0 Å². The minimum atomic E-state index is -0.0949. The van der Waals surface area contributed by atoms with E-state index >= 15 is 0 Å². The Morgan fingerprint density at radius 3 is 2.46 bits per heavy atom. The molecule has 0 bridgehead atoms. The molecule has 9 heteroatoms. The number of hydrogen-bond donors (Lipinski definition) is 3. The maximum atomic E-state index is 11.1. The number of carbonyl (C=O) groups excluding carboxylic acids is 1. The van der Waals surface area contributed by atoms with Gasteiger partial charge in [0.25, 0.3) is 0 Å². The van der Waals surface area contributed by atoms with E-state index in [1.165, 1.54) is 6.92 Å². The predicted octanol–water partition coefficient (Wildman–Crippen LogP) is 3.77. The number of nitrogens with one attached hydrogen (secondary N) is 3. The highest BCUT2D eigenvalue weighted by molar-refractivity contribution is 14.0. The first-order valence-electron chi connectivity index (χ1n) is 7.71. The van der Waals surface area contributed by atoms with E-state index in [4.69, 9.17) is 23.2 Å². The van der Waals surface area contributed by atoms with Crippen LogP contribution in [0, 0.1) is 0 Å². The van der Waals surface area contributed by atoms with E-state index in [0.717, 1.165) is 16.9 Å². The Balaban J connectivity index is 0.00000338. The van der Waals surface area contributed by atoms with Gasteiger partial charge in [-0.2, -0.15) is 0 Å². The number of aromatic nitrogens is 1. The molecule has 0 saturated carbocycles. The average molecular weight is 510 g/mol. The van der Waals surface area contributed by atoms with E-state index in [1.54, 1.807) is 7.05 Å². The van der Waals surface area contributed by atoms with Crippen molar-refractivity contribution < 1.29 is 4.79 Å². The van der Waals surface area contributed by atoms with Crippen LogP contribution in [0.2, 0.25) is 10.2 Å². The molecule has 0 spiro atoms. The topological polar surface area (TPSA) is 70.4 Å². The first-order chi connectivity index (χ1) is 11.9. The molecule has 142 valence electrons. The van der Waals surface area contributed by atoms with Crippen LogP contribution < -0.4 is 16.0 Å². The van der Waals surface area contributed by atoms with Crippen molar-refractivity contribution in [2.45, 2.75) is 20.0 Å². The third-order valence-corrected chi connectivity index (χ3v) is 4.43. The quantitative estimate of drug-likeness (QED) is 0.326. The number of anilines is 1. The van der Waals surface area contributed by atoms with Gasteiger partial charge in [0, 0.05) is 38.9 Å². The molecule has 0 saturated heterocycles. The summed E-state index contributed by atoms with van der Waals surface area (Å²) < 4.78 is 1.82. The number of halogens is 3. The zero-order chi connectivity index (χ0) is 18.4. The molecule has 0 atom stereocenters. The third kappa shape index (κ3) is 6.37. The lowest BCUT2D eigenvalue weighted by Crippen LogP contribution is -2.36. The SMILES string of the molecule is CN=C(NCc1cccc(NC(C)=O)c1)NCc1cc(Cl)c(Cl)n1C.I. The van der Waals surface area contributed by atoms with Gasteiger partial charge in [-0.1, -0.05) is 35.3 Å². The number of rotatable bonds is 5. The van der Waals surface area contributed by atoms with Gasteiger partial charge in [-0.25, -0.2) is 0 Å². The Morgan fingerprint density at radius 2 is 1.88 bits per heavy atom. The van der Waals surface area contributed by atoms with Gasteiger partial charge in [0.15, 0.2) is 5.96 Å². The van der Waals surface area contributed by atoms with Gasteiger partial charge in [-0.3, -0.25) is 9.79 Å². The highest BCUT2D eigenvalue weighted by Gasteiger charge is 2.09. The highest BCUT2D eigenvalue weighted by Crippen LogP contribution is 2.24. The zero-order valence-electron chi connectivity index (χ0n) is 14.8. The summed E-state index contributed by atoms with van der Waals surface area (Å²) in [6.45, 7) is 2.59. The first-order valence-corrected chi connectivity index (χ1v) is 8.47. The van der Waals surface area contributed by atoms with Crippen molar-refractivity contribution in [2.75, 3.05) is 12.4 Å². The number of amides is 1. The highest BCUT2D eigenvalue weighted by atomic mass is 127. The third-order valence-electron chi connectivity index (χ3n) is 3.58. The molecule has 26 heavy (non-hydrogen) atoms. The smallest absolute Gasteiger partial charge is 0.221 e. The first kappa shape index (κ1) is 22.6. The van der Waals surface area contributed by atoms with Crippen LogP contribution in [0.1, 0.15) is 18.2 Å². The molecular formula is C17H22Cl2IN5O. The van der Waals surface area contributed by atoms with Crippen molar-refractivity contribution in [2.24, 2.45) is 12.0 Å². The molecule has 0 aliphatic rings. The van der Waals surface area contributed by atoms with Crippen molar-refractivity contribution >= 4 is 64.7 Å². The minimum absolute atomic E-state index is 0. The van der Waals surface area contributed by atoms with Gasteiger partial charge < -0.3 is 20.5 Å². The second-order valence-electron chi connectivity index (χ2n) is 5.49. The minimum Gasteiger partial charge on any atom is -0.352 e. The molecule has 2 rings (SSSR count). The summed E-state index contributed by atoms with van der Waals surface area (Å²) in [6, 6.07) is 9.45. The van der Waals surface area contributed by atoms with E-state index in [2.05, 4.69) is 20.9 Å². The number of guanidine groups is 1. The molecule has 0 fully saturated rings. The lowest BCUT2D eigenvalue weighted by molar-refractivity contribution is -0.114. The standard InChI is InChI=1S/C17H21Cl2N5O.HI/c1-11(25)23-13-6-4-5-12(7-13)9-21-17(20-2)22-10-14-8-15(18)16(19)24(14)3;/h4-8H,9-10H2,1-3H3,(H,23,25)(H2,20,21,22);1H. The van der Waals surface area contributed by atoms with Gasteiger partial charge in [0.05, 0.1) is 11.6 Å². The Hall–Kier alpha value is -1.45. The maximum Gasteiger partial charge on any atom is 0.221 e. The molecule has 1 heterocycles. The summed E-state index contributed by atoms with van der Waals surface area (Å²) in [5.74, 6) is 0.556. The van der Waals surface area contributed by atoms with Gasteiger partial charge in [-0.15, -0.1) is 24.0 Å². The van der Waals surface area contributed by atoms with Crippen molar-refractivity contribution in [1.82, 2.24) is 15.2 Å². The normalized spacial score (nSPS) is 10.9. The Kier molecular flexibility index (Phi) is 9.24. The van der Waals surface area contributed by atoms with Crippen LogP contribution in [0.5, 0.6) is 0 Å². The van der Waals surface area contributed by atoms with Crippen molar-refractivity contribution in [3.05, 3.63) is 51.8 Å². The lowest BCUT2D eigenvalue weighted by atomic mass is 10.2. The lowest BCUT2D eigenvalue weighted by Gasteiger charge is -2.13. The fourth-order valence-corrected chi connectivity index (χ4v) is 2.72. The summed E-state index contributed by atoms with van der Waals surface area (Å²) >= 11 is 12.1. The van der Waals surface area contributed by atoms with Gasteiger partial charge in [-0.05, 0) is 23.8 Å². The summed E-state index contributed by atoms with van der Waals surface area (Å²) in [7, 11) is 3.56. The summed E-state index contributed by atoms with van der Waals surface area (Å²) in [5.41, 5.74) is 2.74. The fourth-order valence-electron chi connectivity index (χ4n) is 2.30. The van der Waals surface area contributed by atoms with Gasteiger partial charge in [0.2, 0.25) is 5.91 Å². The predicted molar refractivity (Wildman–Crippen MR) is 119 cm³/mol. The molecule has 0 unspecified atom stereocenters. The molecule has 0 aliphatic heterocycles. The average Bonchev–Trinajstić information content (AvgIpc) is 2.82. The molecule has 2 aromatic rings. The van der Waals surface area contributed by atoms with Gasteiger partial charge >= 0.3 is 0 Å². The zero-order valence-corrected chi connectivity index (χ0v) is 18.6. The molecule has 0 aliphatic carbocycles. The van der Waals surface area contributed by atoms with E-state index in [9.17, 15) is 4.79 Å². The number of carbonyl (C=O) groups is 1. The monoisotopic (exact) mass is 509 g/mol. The van der Waals surface area contributed by atoms with Crippen molar-refractivity contribution in [1.29, 1.82) is 0 Å². The number of benzene rings is 1. The Labute approximate surface area is 180 Å². The second-order valence-corrected chi connectivity index (χ2v) is 6.26. The van der Waals surface area contributed by atoms with Gasteiger partial charge in [0.1, 0.15) is 5.15 Å². The largest absolute Gasteiger partial charge is 0.352 e. The van der Waals surface area contributed by atoms with Crippen LogP contribution in [-0.2, 0) is 24.9 Å².